The third-order valence-electron chi connectivity index (χ3n) is 4.29. The molecule has 1 aliphatic heterocycles. The van der Waals surface area contributed by atoms with Crippen molar-refractivity contribution < 1.29 is 19.5 Å². The number of carbonyl (C=O) groups excluding carboxylic acids is 2. The molecule has 0 unspecified atom stereocenters. The average Bonchev–Trinajstić information content (AvgIpc) is 2.62. The van der Waals surface area contributed by atoms with E-state index in [1.165, 1.54) is 18.2 Å². The van der Waals surface area contributed by atoms with Gasteiger partial charge in [-0.1, -0.05) is 35.3 Å². The summed E-state index contributed by atoms with van der Waals surface area (Å²) >= 11 is 12.3. The molecular formula is C19H9Cl2NO4. The molecule has 4 rings (SSSR count). The van der Waals surface area contributed by atoms with E-state index in [0.29, 0.717) is 26.9 Å². The van der Waals surface area contributed by atoms with E-state index in [-0.39, 0.29) is 16.3 Å². The summed E-state index contributed by atoms with van der Waals surface area (Å²) in [6.07, 6.45) is 0. The molecular weight excluding hydrogens is 377 g/mol. The topological polar surface area (TPSA) is 74.7 Å². The van der Waals surface area contributed by atoms with Gasteiger partial charge in [-0.3, -0.25) is 9.59 Å². The Morgan fingerprint density at radius 3 is 2.23 bits per heavy atom. The van der Waals surface area contributed by atoms with Crippen LogP contribution in [0.1, 0.15) is 31.1 Å². The summed E-state index contributed by atoms with van der Waals surface area (Å²) in [5.74, 6) is -2.35. The highest BCUT2D eigenvalue weighted by atomic mass is 35.5. The Bertz CT molecular complexity index is 1120. The quantitative estimate of drug-likeness (QED) is 0.651. The number of aromatic carboxylic acids is 1. The molecule has 0 aliphatic carbocycles. The zero-order chi connectivity index (χ0) is 18.6. The molecule has 26 heavy (non-hydrogen) atoms. The Labute approximate surface area is 157 Å². The number of hydrogen-bond acceptors (Lipinski definition) is 3. The van der Waals surface area contributed by atoms with E-state index >= 15 is 0 Å². The second-order valence-electron chi connectivity index (χ2n) is 5.74. The van der Waals surface area contributed by atoms with Crippen molar-refractivity contribution in [2.75, 3.05) is 4.90 Å². The first-order chi connectivity index (χ1) is 12.4. The Morgan fingerprint density at radius 2 is 1.54 bits per heavy atom. The van der Waals surface area contributed by atoms with Crippen LogP contribution in [0.4, 0.5) is 5.69 Å². The maximum atomic E-state index is 13.0. The number of carboxylic acids is 1. The first-order valence-electron chi connectivity index (χ1n) is 7.53. The lowest BCUT2D eigenvalue weighted by molar-refractivity contribution is 0.0695. The van der Waals surface area contributed by atoms with E-state index in [1.54, 1.807) is 30.3 Å². The standard InChI is InChI=1S/C19H9Cl2NO4/c20-13-7-5-12-16-10(13)2-1-3-11(16)17(23)22(18(12)24)15-8-9(19(25)26)4-6-14(15)21/h1-8H,(H,25,26). The van der Waals surface area contributed by atoms with Crippen LogP contribution in [0.3, 0.4) is 0 Å². The highest BCUT2D eigenvalue weighted by Crippen LogP contribution is 2.38. The van der Waals surface area contributed by atoms with Crippen LogP contribution < -0.4 is 4.90 Å². The molecule has 3 aromatic rings. The van der Waals surface area contributed by atoms with Crippen molar-refractivity contribution in [3.05, 3.63) is 75.3 Å². The molecule has 0 spiro atoms. The van der Waals surface area contributed by atoms with Gasteiger partial charge >= 0.3 is 5.97 Å². The van der Waals surface area contributed by atoms with Gasteiger partial charge in [0, 0.05) is 26.9 Å². The van der Waals surface area contributed by atoms with E-state index in [9.17, 15) is 19.5 Å². The second kappa shape index (κ2) is 5.83. The van der Waals surface area contributed by atoms with E-state index in [4.69, 9.17) is 23.2 Å². The van der Waals surface area contributed by atoms with Gasteiger partial charge in [-0.15, -0.1) is 0 Å². The first kappa shape index (κ1) is 16.6. The van der Waals surface area contributed by atoms with Crippen LogP contribution in [0.15, 0.2) is 48.5 Å². The minimum atomic E-state index is -1.19. The third-order valence-corrected chi connectivity index (χ3v) is 4.94. The zero-order valence-corrected chi connectivity index (χ0v) is 14.5. The number of amides is 2. The second-order valence-corrected chi connectivity index (χ2v) is 6.55. The highest BCUT2D eigenvalue weighted by Gasteiger charge is 2.35. The molecule has 0 radical (unpaired) electrons. The van der Waals surface area contributed by atoms with Crippen LogP contribution in [0.5, 0.6) is 0 Å². The van der Waals surface area contributed by atoms with Crippen LogP contribution in [-0.2, 0) is 0 Å². The Morgan fingerprint density at radius 1 is 0.885 bits per heavy atom. The number of anilines is 1. The summed E-state index contributed by atoms with van der Waals surface area (Å²) in [4.78, 5) is 38.2. The summed E-state index contributed by atoms with van der Waals surface area (Å²) < 4.78 is 0. The smallest absolute Gasteiger partial charge is 0.335 e. The molecule has 0 saturated heterocycles. The predicted molar refractivity (Wildman–Crippen MR) is 98.5 cm³/mol. The van der Waals surface area contributed by atoms with Gasteiger partial charge in [0.15, 0.2) is 0 Å². The molecule has 0 saturated carbocycles. The van der Waals surface area contributed by atoms with Crippen molar-refractivity contribution in [1.82, 2.24) is 0 Å². The number of carbonyl (C=O) groups is 3. The predicted octanol–water partition coefficient (Wildman–Crippen LogP) is 4.65. The van der Waals surface area contributed by atoms with E-state index in [2.05, 4.69) is 0 Å². The fourth-order valence-electron chi connectivity index (χ4n) is 3.10. The Hall–Kier alpha value is -2.89. The van der Waals surface area contributed by atoms with Crippen molar-refractivity contribution >= 4 is 57.4 Å². The van der Waals surface area contributed by atoms with Gasteiger partial charge in [0.1, 0.15) is 0 Å². The molecule has 0 fully saturated rings. The molecule has 7 heteroatoms. The number of imide groups is 1. The number of rotatable bonds is 2. The number of carboxylic acid groups (broad SMARTS) is 1. The number of hydrogen-bond donors (Lipinski definition) is 1. The van der Waals surface area contributed by atoms with Crippen molar-refractivity contribution in [2.24, 2.45) is 0 Å². The Balaban J connectivity index is 1.99. The SMILES string of the molecule is O=C(O)c1ccc(Cl)c(N2C(=O)c3cccc4c(Cl)ccc(c34)C2=O)c1. The van der Waals surface area contributed by atoms with Gasteiger partial charge in [0.2, 0.25) is 0 Å². The largest absolute Gasteiger partial charge is 0.478 e. The van der Waals surface area contributed by atoms with Gasteiger partial charge in [-0.05, 0) is 36.4 Å². The molecule has 3 aromatic carbocycles. The maximum absolute atomic E-state index is 13.0. The summed E-state index contributed by atoms with van der Waals surface area (Å²) in [6, 6.07) is 12.0. The van der Waals surface area contributed by atoms with E-state index in [1.807, 2.05) is 0 Å². The molecule has 1 aliphatic rings. The molecule has 0 atom stereocenters. The fraction of sp³-hybridized carbons (Fsp3) is 0. The minimum absolute atomic E-state index is 0.0270. The number of benzene rings is 3. The number of nitrogens with zero attached hydrogens (tertiary/aromatic N) is 1. The minimum Gasteiger partial charge on any atom is -0.478 e. The third kappa shape index (κ3) is 2.29. The van der Waals surface area contributed by atoms with Crippen LogP contribution >= 0.6 is 23.2 Å². The molecule has 0 aromatic heterocycles. The normalized spacial score (nSPS) is 13.4. The van der Waals surface area contributed by atoms with Crippen LogP contribution in [0.25, 0.3) is 10.8 Å². The van der Waals surface area contributed by atoms with Gasteiger partial charge in [-0.25, -0.2) is 9.69 Å². The van der Waals surface area contributed by atoms with Crippen LogP contribution in [0, 0.1) is 0 Å². The lowest BCUT2D eigenvalue weighted by Crippen LogP contribution is -2.40. The van der Waals surface area contributed by atoms with Crippen molar-refractivity contribution in [2.45, 2.75) is 0 Å². The van der Waals surface area contributed by atoms with Crippen molar-refractivity contribution in [3.8, 4) is 0 Å². The fourth-order valence-corrected chi connectivity index (χ4v) is 3.52. The zero-order valence-electron chi connectivity index (χ0n) is 13.0. The van der Waals surface area contributed by atoms with Crippen LogP contribution in [-0.4, -0.2) is 22.9 Å². The summed E-state index contributed by atoms with van der Waals surface area (Å²) in [5.41, 5.74) is 0.553. The molecule has 0 bridgehead atoms. The summed E-state index contributed by atoms with van der Waals surface area (Å²) in [6.45, 7) is 0. The molecule has 2 amide bonds. The molecule has 5 nitrogen and oxygen atoms in total. The van der Waals surface area contributed by atoms with Crippen molar-refractivity contribution in [3.63, 3.8) is 0 Å². The Kier molecular flexibility index (Phi) is 3.72. The van der Waals surface area contributed by atoms with Gasteiger partial charge in [0.05, 0.1) is 16.3 Å². The molecule has 1 heterocycles. The van der Waals surface area contributed by atoms with Gasteiger partial charge in [-0.2, -0.15) is 0 Å². The lowest BCUT2D eigenvalue weighted by atomic mass is 9.93. The summed E-state index contributed by atoms with van der Waals surface area (Å²) in [7, 11) is 0. The van der Waals surface area contributed by atoms with E-state index in [0.717, 1.165) is 4.90 Å². The maximum Gasteiger partial charge on any atom is 0.335 e. The summed E-state index contributed by atoms with van der Waals surface area (Å²) in [5, 5.41) is 10.8. The monoisotopic (exact) mass is 385 g/mol. The number of halogens is 2. The van der Waals surface area contributed by atoms with Gasteiger partial charge < -0.3 is 5.11 Å². The van der Waals surface area contributed by atoms with Crippen LogP contribution in [0.2, 0.25) is 10.0 Å². The first-order valence-corrected chi connectivity index (χ1v) is 8.28. The molecule has 1 N–H and O–H groups in total. The average molecular weight is 386 g/mol. The highest BCUT2D eigenvalue weighted by molar-refractivity contribution is 6.42. The van der Waals surface area contributed by atoms with Gasteiger partial charge in [0.25, 0.3) is 11.8 Å². The van der Waals surface area contributed by atoms with Crippen molar-refractivity contribution in [1.29, 1.82) is 0 Å². The molecule has 128 valence electrons. The lowest BCUT2D eigenvalue weighted by Gasteiger charge is -2.28. The van der Waals surface area contributed by atoms with E-state index < -0.39 is 17.8 Å².